The van der Waals surface area contributed by atoms with Gasteiger partial charge in [0.25, 0.3) is 0 Å². The fourth-order valence-corrected chi connectivity index (χ4v) is 1.76. The number of carboxylic acid groups (broad SMARTS) is 1. The highest BCUT2D eigenvalue weighted by Gasteiger charge is 2.28. The summed E-state index contributed by atoms with van der Waals surface area (Å²) < 4.78 is 18.5. The van der Waals surface area contributed by atoms with Gasteiger partial charge in [0.15, 0.2) is 11.6 Å². The van der Waals surface area contributed by atoms with Gasteiger partial charge in [0, 0.05) is 5.56 Å². The number of benzene rings is 1. The van der Waals surface area contributed by atoms with E-state index in [1.54, 1.807) is 6.07 Å². The van der Waals surface area contributed by atoms with E-state index >= 15 is 0 Å². The molecular formula is C11H11FO3. The Morgan fingerprint density at radius 2 is 2.33 bits per heavy atom. The SMILES string of the molecule is Cc1ccc(F)c2c1CC(C(=O)O)CO2. The Morgan fingerprint density at radius 3 is 3.00 bits per heavy atom. The Kier molecular flexibility index (Phi) is 2.34. The van der Waals surface area contributed by atoms with Crippen LogP contribution >= 0.6 is 0 Å². The summed E-state index contributed by atoms with van der Waals surface area (Å²) in [6.45, 7) is 1.87. The molecule has 3 nitrogen and oxygen atoms in total. The predicted octanol–water partition coefficient (Wildman–Crippen LogP) is 1.77. The normalized spacial score (nSPS) is 19.2. The molecule has 1 aliphatic heterocycles. The number of ether oxygens (including phenoxy) is 1. The first-order valence-electron chi connectivity index (χ1n) is 4.73. The molecule has 0 aliphatic carbocycles. The average Bonchev–Trinajstić information content (AvgIpc) is 2.23. The molecule has 0 spiro atoms. The van der Waals surface area contributed by atoms with Gasteiger partial charge >= 0.3 is 5.97 Å². The van der Waals surface area contributed by atoms with Crippen LogP contribution in [0.3, 0.4) is 0 Å². The lowest BCUT2D eigenvalue weighted by Crippen LogP contribution is -2.28. The maximum atomic E-state index is 13.3. The molecule has 1 N–H and O–H groups in total. The van der Waals surface area contributed by atoms with Crippen LogP contribution in [0.2, 0.25) is 0 Å². The lowest BCUT2D eigenvalue weighted by atomic mass is 9.93. The van der Waals surface area contributed by atoms with E-state index in [9.17, 15) is 9.18 Å². The molecule has 15 heavy (non-hydrogen) atoms. The lowest BCUT2D eigenvalue weighted by Gasteiger charge is -2.24. The second-order valence-electron chi connectivity index (χ2n) is 3.72. The number of aliphatic carboxylic acids is 1. The van der Waals surface area contributed by atoms with Crippen LogP contribution in [-0.4, -0.2) is 17.7 Å². The van der Waals surface area contributed by atoms with Crippen molar-refractivity contribution in [2.45, 2.75) is 13.3 Å². The summed E-state index contributed by atoms with van der Waals surface area (Å²) in [4.78, 5) is 10.8. The third-order valence-electron chi connectivity index (χ3n) is 2.68. The molecule has 1 atom stereocenters. The van der Waals surface area contributed by atoms with Gasteiger partial charge in [0.2, 0.25) is 0 Å². The van der Waals surface area contributed by atoms with Gasteiger partial charge in [-0.25, -0.2) is 4.39 Å². The fraction of sp³-hybridized carbons (Fsp3) is 0.364. The Hall–Kier alpha value is -1.58. The minimum Gasteiger partial charge on any atom is -0.489 e. The quantitative estimate of drug-likeness (QED) is 0.768. The van der Waals surface area contributed by atoms with Gasteiger partial charge in [-0.05, 0) is 25.0 Å². The highest BCUT2D eigenvalue weighted by Crippen LogP contribution is 2.32. The van der Waals surface area contributed by atoms with Gasteiger partial charge < -0.3 is 9.84 Å². The molecule has 0 bridgehead atoms. The number of halogens is 1. The van der Waals surface area contributed by atoms with Crippen molar-refractivity contribution in [3.63, 3.8) is 0 Å². The van der Waals surface area contributed by atoms with E-state index in [2.05, 4.69) is 0 Å². The van der Waals surface area contributed by atoms with Gasteiger partial charge in [-0.15, -0.1) is 0 Å². The number of fused-ring (bicyclic) bond motifs is 1. The predicted molar refractivity (Wildman–Crippen MR) is 51.5 cm³/mol. The summed E-state index contributed by atoms with van der Waals surface area (Å²) in [7, 11) is 0. The van der Waals surface area contributed by atoms with E-state index < -0.39 is 17.7 Å². The van der Waals surface area contributed by atoms with Crippen LogP contribution in [-0.2, 0) is 11.2 Å². The second-order valence-corrected chi connectivity index (χ2v) is 3.72. The van der Waals surface area contributed by atoms with Crippen molar-refractivity contribution in [2.75, 3.05) is 6.61 Å². The molecule has 1 aromatic rings. The van der Waals surface area contributed by atoms with Gasteiger partial charge in [0.05, 0.1) is 5.92 Å². The molecule has 0 radical (unpaired) electrons. The number of carbonyl (C=O) groups is 1. The first-order chi connectivity index (χ1) is 7.09. The first-order valence-corrected chi connectivity index (χ1v) is 4.73. The summed E-state index contributed by atoms with van der Waals surface area (Å²) in [6, 6.07) is 2.98. The van der Waals surface area contributed by atoms with Crippen molar-refractivity contribution in [1.82, 2.24) is 0 Å². The number of rotatable bonds is 1. The Labute approximate surface area is 86.5 Å². The van der Waals surface area contributed by atoms with Crippen molar-refractivity contribution < 1.29 is 19.0 Å². The van der Waals surface area contributed by atoms with Crippen LogP contribution < -0.4 is 4.74 Å². The first kappa shape index (κ1) is 9.96. The Morgan fingerprint density at radius 1 is 1.60 bits per heavy atom. The number of hydrogen-bond acceptors (Lipinski definition) is 2. The summed E-state index contributed by atoms with van der Waals surface area (Å²) in [5.74, 6) is -1.67. The zero-order valence-electron chi connectivity index (χ0n) is 8.29. The van der Waals surface area contributed by atoms with Crippen LogP contribution in [0.25, 0.3) is 0 Å². The zero-order valence-corrected chi connectivity index (χ0v) is 8.29. The van der Waals surface area contributed by atoms with Crippen molar-refractivity contribution in [3.8, 4) is 5.75 Å². The van der Waals surface area contributed by atoms with E-state index in [0.717, 1.165) is 5.56 Å². The third-order valence-corrected chi connectivity index (χ3v) is 2.68. The van der Waals surface area contributed by atoms with Crippen molar-refractivity contribution >= 4 is 5.97 Å². The summed E-state index contributed by atoms with van der Waals surface area (Å²) in [5, 5.41) is 8.85. The van der Waals surface area contributed by atoms with Crippen LogP contribution in [0.4, 0.5) is 4.39 Å². The van der Waals surface area contributed by atoms with Gasteiger partial charge in [-0.1, -0.05) is 6.07 Å². The molecular weight excluding hydrogens is 199 g/mol. The molecule has 80 valence electrons. The van der Waals surface area contributed by atoms with Gasteiger partial charge in [0.1, 0.15) is 6.61 Å². The van der Waals surface area contributed by atoms with Crippen LogP contribution in [0.1, 0.15) is 11.1 Å². The molecule has 1 heterocycles. The summed E-state index contributed by atoms with van der Waals surface area (Å²) >= 11 is 0. The molecule has 0 saturated carbocycles. The van der Waals surface area contributed by atoms with Crippen molar-refractivity contribution in [2.24, 2.45) is 5.92 Å². The summed E-state index contributed by atoms with van der Waals surface area (Å²) in [6.07, 6.45) is 0.342. The monoisotopic (exact) mass is 210 g/mol. The molecule has 0 fully saturated rings. The molecule has 0 saturated heterocycles. The average molecular weight is 210 g/mol. The molecule has 1 aliphatic rings. The summed E-state index contributed by atoms with van der Waals surface area (Å²) in [5.41, 5.74) is 1.55. The van der Waals surface area contributed by atoms with Crippen molar-refractivity contribution in [1.29, 1.82) is 0 Å². The Bertz CT molecular complexity index is 415. The van der Waals surface area contributed by atoms with E-state index in [0.29, 0.717) is 12.0 Å². The maximum absolute atomic E-state index is 13.3. The largest absolute Gasteiger partial charge is 0.489 e. The Balaban J connectivity index is 2.41. The van der Waals surface area contributed by atoms with E-state index in [1.807, 2.05) is 6.92 Å². The highest BCUT2D eigenvalue weighted by atomic mass is 19.1. The molecule has 0 amide bonds. The minimum atomic E-state index is -0.899. The minimum absolute atomic E-state index is 0.0444. The maximum Gasteiger partial charge on any atom is 0.310 e. The number of aryl methyl sites for hydroxylation is 1. The van der Waals surface area contributed by atoms with Gasteiger partial charge in [-0.2, -0.15) is 0 Å². The third kappa shape index (κ3) is 1.67. The standard InChI is InChI=1S/C11H11FO3/c1-6-2-3-9(12)10-8(6)4-7(5-15-10)11(13)14/h2-3,7H,4-5H2,1H3,(H,13,14). The van der Waals surface area contributed by atoms with E-state index in [1.165, 1.54) is 6.07 Å². The second kappa shape index (κ2) is 3.53. The van der Waals surface area contributed by atoms with Gasteiger partial charge in [-0.3, -0.25) is 4.79 Å². The highest BCUT2D eigenvalue weighted by molar-refractivity contribution is 5.71. The smallest absolute Gasteiger partial charge is 0.310 e. The van der Waals surface area contributed by atoms with Crippen LogP contribution in [0.5, 0.6) is 5.75 Å². The number of hydrogen-bond donors (Lipinski definition) is 1. The molecule has 2 rings (SSSR count). The van der Waals surface area contributed by atoms with E-state index in [-0.39, 0.29) is 12.4 Å². The van der Waals surface area contributed by atoms with Crippen LogP contribution in [0.15, 0.2) is 12.1 Å². The number of carboxylic acids is 1. The van der Waals surface area contributed by atoms with Crippen LogP contribution in [0, 0.1) is 18.7 Å². The van der Waals surface area contributed by atoms with Crippen molar-refractivity contribution in [3.05, 3.63) is 29.1 Å². The molecule has 4 heteroatoms. The molecule has 1 unspecified atom stereocenters. The fourth-order valence-electron chi connectivity index (χ4n) is 1.76. The van der Waals surface area contributed by atoms with E-state index in [4.69, 9.17) is 9.84 Å². The molecule has 0 aromatic heterocycles. The lowest BCUT2D eigenvalue weighted by molar-refractivity contribution is -0.143. The topological polar surface area (TPSA) is 46.5 Å². The zero-order chi connectivity index (χ0) is 11.0. The molecule has 1 aromatic carbocycles.